The highest BCUT2D eigenvalue weighted by Gasteiger charge is 2.20. The molecule has 1 amide bonds. The third-order valence-corrected chi connectivity index (χ3v) is 3.88. The summed E-state index contributed by atoms with van der Waals surface area (Å²) in [4.78, 5) is 16.4. The molecular weight excluding hydrogens is 328 g/mol. The minimum absolute atomic E-state index is 0.156. The largest absolute Gasteiger partial charge is 0.308 e. The van der Waals surface area contributed by atoms with Gasteiger partial charge in [-0.15, -0.1) is 0 Å². The molecule has 3 nitrogen and oxygen atoms in total. The minimum atomic E-state index is -0.156. The Morgan fingerprint density at radius 2 is 1.76 bits per heavy atom. The molecule has 2 aromatic carbocycles. The minimum Gasteiger partial charge on any atom is -0.308 e. The summed E-state index contributed by atoms with van der Waals surface area (Å²) in [7, 11) is 0. The van der Waals surface area contributed by atoms with Crippen molar-refractivity contribution < 1.29 is 4.79 Å². The first-order valence-electron chi connectivity index (χ1n) is 6.61. The molecule has 0 aromatic heterocycles. The maximum Gasteiger partial charge on any atom is 0.275 e. The smallest absolute Gasteiger partial charge is 0.275 e. The number of rotatable bonds is 3. The first kappa shape index (κ1) is 13.8. The van der Waals surface area contributed by atoms with E-state index >= 15 is 0 Å². The molecule has 0 spiro atoms. The van der Waals surface area contributed by atoms with Crippen molar-refractivity contribution in [3.05, 3.63) is 75.9 Å². The molecule has 2 aromatic rings. The SMILES string of the molecule is O=C1NC(Cc2ccccc2)=N/C1=C\c1ccccc1Br. The molecule has 0 fully saturated rings. The Morgan fingerprint density at radius 1 is 1.05 bits per heavy atom. The fourth-order valence-electron chi connectivity index (χ4n) is 2.13. The molecule has 104 valence electrons. The number of hydrogen-bond donors (Lipinski definition) is 1. The maximum atomic E-state index is 12.0. The molecule has 0 saturated carbocycles. The third-order valence-electron chi connectivity index (χ3n) is 3.16. The summed E-state index contributed by atoms with van der Waals surface area (Å²) in [5, 5.41) is 2.82. The van der Waals surface area contributed by atoms with E-state index in [9.17, 15) is 4.79 Å². The molecule has 1 aliphatic heterocycles. The maximum absolute atomic E-state index is 12.0. The molecule has 1 heterocycles. The normalized spacial score (nSPS) is 16.0. The summed E-state index contributed by atoms with van der Waals surface area (Å²) in [6.07, 6.45) is 2.41. The standard InChI is InChI=1S/C17H13BrN2O/c18-14-9-5-4-8-13(14)11-15-17(21)20-16(19-15)10-12-6-2-1-3-7-12/h1-9,11H,10H2,(H,19,20,21)/b15-11-. The van der Waals surface area contributed by atoms with Crippen LogP contribution in [0.4, 0.5) is 0 Å². The molecule has 0 aliphatic carbocycles. The second-order valence-corrected chi connectivity index (χ2v) is 5.58. The van der Waals surface area contributed by atoms with Gasteiger partial charge in [-0.25, -0.2) is 4.99 Å². The van der Waals surface area contributed by atoms with E-state index in [1.807, 2.05) is 54.6 Å². The van der Waals surface area contributed by atoms with Gasteiger partial charge in [0.2, 0.25) is 0 Å². The van der Waals surface area contributed by atoms with E-state index in [2.05, 4.69) is 26.2 Å². The van der Waals surface area contributed by atoms with Crippen molar-refractivity contribution in [2.24, 2.45) is 4.99 Å². The number of aliphatic imine (C=N–C) groups is 1. The number of nitrogens with zero attached hydrogens (tertiary/aromatic N) is 1. The number of amides is 1. The van der Waals surface area contributed by atoms with Crippen LogP contribution >= 0.6 is 15.9 Å². The number of carbonyl (C=O) groups excluding carboxylic acids is 1. The number of benzene rings is 2. The van der Waals surface area contributed by atoms with Crippen LogP contribution < -0.4 is 5.32 Å². The second-order valence-electron chi connectivity index (χ2n) is 4.73. The van der Waals surface area contributed by atoms with Crippen LogP contribution in [-0.2, 0) is 11.2 Å². The van der Waals surface area contributed by atoms with Crippen molar-refractivity contribution >= 4 is 33.7 Å². The van der Waals surface area contributed by atoms with Crippen molar-refractivity contribution in [2.75, 3.05) is 0 Å². The van der Waals surface area contributed by atoms with Gasteiger partial charge in [0.1, 0.15) is 11.5 Å². The van der Waals surface area contributed by atoms with Crippen LogP contribution in [0.25, 0.3) is 6.08 Å². The molecule has 0 saturated heterocycles. The topological polar surface area (TPSA) is 41.5 Å². The highest BCUT2D eigenvalue weighted by molar-refractivity contribution is 9.10. The lowest BCUT2D eigenvalue weighted by Crippen LogP contribution is -2.25. The molecule has 21 heavy (non-hydrogen) atoms. The number of nitrogens with one attached hydrogen (secondary N) is 1. The molecule has 4 heteroatoms. The van der Waals surface area contributed by atoms with Crippen molar-refractivity contribution in [3.63, 3.8) is 0 Å². The van der Waals surface area contributed by atoms with E-state index in [0.29, 0.717) is 18.0 Å². The second kappa shape index (κ2) is 6.06. The van der Waals surface area contributed by atoms with Crippen LogP contribution in [0, 0.1) is 0 Å². The monoisotopic (exact) mass is 340 g/mol. The Kier molecular flexibility index (Phi) is 3.97. The molecule has 1 aliphatic rings. The van der Waals surface area contributed by atoms with E-state index in [1.54, 1.807) is 6.08 Å². The van der Waals surface area contributed by atoms with Crippen LogP contribution in [0.15, 0.2) is 69.8 Å². The highest BCUT2D eigenvalue weighted by atomic mass is 79.9. The summed E-state index contributed by atoms with van der Waals surface area (Å²) >= 11 is 3.47. The molecule has 0 bridgehead atoms. The average molecular weight is 341 g/mol. The van der Waals surface area contributed by atoms with Gasteiger partial charge in [0.15, 0.2) is 0 Å². The lowest BCUT2D eigenvalue weighted by Gasteiger charge is -1.99. The van der Waals surface area contributed by atoms with E-state index in [4.69, 9.17) is 0 Å². The summed E-state index contributed by atoms with van der Waals surface area (Å²) in [5.74, 6) is 0.529. The Morgan fingerprint density at radius 3 is 2.52 bits per heavy atom. The number of hydrogen-bond acceptors (Lipinski definition) is 2. The average Bonchev–Trinajstić information content (AvgIpc) is 2.82. The van der Waals surface area contributed by atoms with Crippen LogP contribution in [0.3, 0.4) is 0 Å². The van der Waals surface area contributed by atoms with Gasteiger partial charge < -0.3 is 5.32 Å². The molecule has 1 N–H and O–H groups in total. The van der Waals surface area contributed by atoms with Crippen molar-refractivity contribution in [1.82, 2.24) is 5.32 Å². The summed E-state index contributed by atoms with van der Waals surface area (Å²) in [6, 6.07) is 17.7. The van der Waals surface area contributed by atoms with Crippen molar-refractivity contribution in [1.29, 1.82) is 0 Å². The molecule has 3 rings (SSSR count). The van der Waals surface area contributed by atoms with Gasteiger partial charge >= 0.3 is 0 Å². The number of carbonyl (C=O) groups is 1. The third kappa shape index (κ3) is 3.28. The zero-order valence-electron chi connectivity index (χ0n) is 11.2. The Balaban J connectivity index is 1.84. The quantitative estimate of drug-likeness (QED) is 0.852. The summed E-state index contributed by atoms with van der Waals surface area (Å²) < 4.78 is 0.942. The van der Waals surface area contributed by atoms with Crippen LogP contribution in [0.2, 0.25) is 0 Å². The van der Waals surface area contributed by atoms with E-state index in [-0.39, 0.29) is 5.91 Å². The van der Waals surface area contributed by atoms with Gasteiger partial charge in [-0.3, -0.25) is 4.79 Å². The van der Waals surface area contributed by atoms with E-state index in [1.165, 1.54) is 0 Å². The highest BCUT2D eigenvalue weighted by Crippen LogP contribution is 2.20. The summed E-state index contributed by atoms with van der Waals surface area (Å²) in [6.45, 7) is 0. The fourth-order valence-corrected chi connectivity index (χ4v) is 2.53. The van der Waals surface area contributed by atoms with Crippen LogP contribution in [0.5, 0.6) is 0 Å². The van der Waals surface area contributed by atoms with Gasteiger partial charge in [-0.2, -0.15) is 0 Å². The van der Waals surface area contributed by atoms with Gasteiger partial charge in [-0.1, -0.05) is 64.5 Å². The van der Waals surface area contributed by atoms with Gasteiger partial charge in [0, 0.05) is 10.9 Å². The zero-order chi connectivity index (χ0) is 14.7. The lowest BCUT2D eigenvalue weighted by molar-refractivity contribution is -0.115. The Bertz CT molecular complexity index is 735. The first-order valence-corrected chi connectivity index (χ1v) is 7.41. The molecule has 0 atom stereocenters. The Hall–Kier alpha value is -2.20. The predicted octanol–water partition coefficient (Wildman–Crippen LogP) is 3.56. The fraction of sp³-hybridized carbons (Fsp3) is 0.0588. The molecule has 0 radical (unpaired) electrons. The number of halogens is 1. The van der Waals surface area contributed by atoms with Gasteiger partial charge in [0.25, 0.3) is 5.91 Å². The van der Waals surface area contributed by atoms with E-state index in [0.717, 1.165) is 15.6 Å². The number of amidine groups is 1. The van der Waals surface area contributed by atoms with Crippen LogP contribution in [-0.4, -0.2) is 11.7 Å². The van der Waals surface area contributed by atoms with Crippen molar-refractivity contribution in [2.45, 2.75) is 6.42 Å². The first-order chi connectivity index (χ1) is 10.2. The van der Waals surface area contributed by atoms with Gasteiger partial charge in [-0.05, 0) is 23.3 Å². The predicted molar refractivity (Wildman–Crippen MR) is 87.8 cm³/mol. The molecular formula is C17H13BrN2O. The van der Waals surface area contributed by atoms with Gasteiger partial charge in [0.05, 0.1) is 0 Å². The van der Waals surface area contributed by atoms with E-state index < -0.39 is 0 Å². The molecule has 0 unspecified atom stereocenters. The van der Waals surface area contributed by atoms with Crippen molar-refractivity contribution in [3.8, 4) is 0 Å². The lowest BCUT2D eigenvalue weighted by atomic mass is 10.1. The van der Waals surface area contributed by atoms with Crippen LogP contribution in [0.1, 0.15) is 11.1 Å². The summed E-state index contributed by atoms with van der Waals surface area (Å²) in [5.41, 5.74) is 2.50. The Labute approximate surface area is 131 Å². The zero-order valence-corrected chi connectivity index (χ0v) is 12.8.